The van der Waals surface area contributed by atoms with Gasteiger partial charge in [-0.2, -0.15) is 0 Å². The molecule has 6 heteroatoms. The molecule has 0 aliphatic heterocycles. The smallest absolute Gasteiger partial charge is 0.305 e. The van der Waals surface area contributed by atoms with E-state index in [0.29, 0.717) is 17.9 Å². The SMILES string of the molecule is CCCC(CC(=O)O)NC(=O)Cc1c(C)noc1C. The van der Waals surface area contributed by atoms with Gasteiger partial charge < -0.3 is 14.9 Å². The molecule has 6 nitrogen and oxygen atoms in total. The number of carbonyl (C=O) groups is 2. The van der Waals surface area contributed by atoms with Gasteiger partial charge in [-0.15, -0.1) is 0 Å². The molecule has 0 aromatic carbocycles. The number of aryl methyl sites for hydroxylation is 2. The Bertz CT molecular complexity index is 434. The Morgan fingerprint density at radius 3 is 2.58 bits per heavy atom. The van der Waals surface area contributed by atoms with Crippen LogP contribution in [-0.4, -0.2) is 28.2 Å². The third kappa shape index (κ3) is 4.73. The minimum Gasteiger partial charge on any atom is -0.481 e. The number of amides is 1. The van der Waals surface area contributed by atoms with Crippen molar-refractivity contribution < 1.29 is 19.2 Å². The molecular weight excluding hydrogens is 248 g/mol. The van der Waals surface area contributed by atoms with Crippen molar-refractivity contribution in [2.24, 2.45) is 0 Å². The van der Waals surface area contributed by atoms with E-state index in [-0.39, 0.29) is 24.8 Å². The average molecular weight is 268 g/mol. The zero-order chi connectivity index (χ0) is 14.4. The van der Waals surface area contributed by atoms with Crippen LogP contribution in [0.3, 0.4) is 0 Å². The normalized spacial score (nSPS) is 12.2. The minimum atomic E-state index is -0.906. The van der Waals surface area contributed by atoms with E-state index < -0.39 is 5.97 Å². The van der Waals surface area contributed by atoms with Crippen molar-refractivity contribution in [2.75, 3.05) is 0 Å². The molecule has 1 unspecified atom stereocenters. The highest BCUT2D eigenvalue weighted by atomic mass is 16.5. The van der Waals surface area contributed by atoms with Gasteiger partial charge in [0.1, 0.15) is 5.76 Å². The molecule has 0 aliphatic carbocycles. The number of aromatic nitrogens is 1. The summed E-state index contributed by atoms with van der Waals surface area (Å²) in [7, 11) is 0. The van der Waals surface area contributed by atoms with Crippen LogP contribution >= 0.6 is 0 Å². The fourth-order valence-corrected chi connectivity index (χ4v) is 1.98. The van der Waals surface area contributed by atoms with E-state index in [4.69, 9.17) is 9.63 Å². The van der Waals surface area contributed by atoms with Crippen LogP contribution < -0.4 is 5.32 Å². The van der Waals surface area contributed by atoms with Crippen molar-refractivity contribution >= 4 is 11.9 Å². The highest BCUT2D eigenvalue weighted by molar-refractivity contribution is 5.80. The van der Waals surface area contributed by atoms with Gasteiger partial charge in [0.05, 0.1) is 18.5 Å². The second-order valence-electron chi connectivity index (χ2n) is 4.63. The van der Waals surface area contributed by atoms with E-state index in [2.05, 4.69) is 10.5 Å². The summed E-state index contributed by atoms with van der Waals surface area (Å²) in [6.45, 7) is 5.48. The maximum Gasteiger partial charge on any atom is 0.305 e. The molecule has 2 N–H and O–H groups in total. The lowest BCUT2D eigenvalue weighted by Crippen LogP contribution is -2.37. The van der Waals surface area contributed by atoms with Crippen LogP contribution in [0.5, 0.6) is 0 Å². The molecule has 1 rings (SSSR count). The molecule has 0 fully saturated rings. The molecule has 1 aromatic heterocycles. The predicted molar refractivity (Wildman–Crippen MR) is 68.8 cm³/mol. The van der Waals surface area contributed by atoms with Gasteiger partial charge in [0.15, 0.2) is 0 Å². The number of nitrogens with zero attached hydrogens (tertiary/aromatic N) is 1. The zero-order valence-corrected chi connectivity index (χ0v) is 11.5. The molecule has 1 atom stereocenters. The van der Waals surface area contributed by atoms with Crippen molar-refractivity contribution in [3.8, 4) is 0 Å². The molecule has 0 saturated carbocycles. The quantitative estimate of drug-likeness (QED) is 0.783. The maximum absolute atomic E-state index is 11.9. The van der Waals surface area contributed by atoms with Crippen molar-refractivity contribution in [2.45, 2.75) is 52.5 Å². The van der Waals surface area contributed by atoms with Gasteiger partial charge in [-0.25, -0.2) is 0 Å². The Morgan fingerprint density at radius 1 is 1.42 bits per heavy atom. The van der Waals surface area contributed by atoms with Crippen molar-refractivity contribution in [1.29, 1.82) is 0 Å². The Morgan fingerprint density at radius 2 is 2.11 bits per heavy atom. The van der Waals surface area contributed by atoms with Crippen LogP contribution in [0.25, 0.3) is 0 Å². The number of carbonyl (C=O) groups excluding carboxylic acids is 1. The van der Waals surface area contributed by atoms with Gasteiger partial charge in [0.2, 0.25) is 5.91 Å². The van der Waals surface area contributed by atoms with E-state index in [1.54, 1.807) is 13.8 Å². The lowest BCUT2D eigenvalue weighted by Gasteiger charge is -2.15. The summed E-state index contributed by atoms with van der Waals surface area (Å²) in [5.41, 5.74) is 1.46. The summed E-state index contributed by atoms with van der Waals surface area (Å²) in [6.07, 6.45) is 1.59. The summed E-state index contributed by atoms with van der Waals surface area (Å²) in [6, 6.07) is -0.324. The van der Waals surface area contributed by atoms with Crippen LogP contribution in [0.1, 0.15) is 43.2 Å². The highest BCUT2D eigenvalue weighted by Gasteiger charge is 2.18. The third-order valence-corrected chi connectivity index (χ3v) is 2.94. The van der Waals surface area contributed by atoms with Crippen LogP contribution in [0.15, 0.2) is 4.52 Å². The van der Waals surface area contributed by atoms with Crippen LogP contribution in [0.4, 0.5) is 0 Å². The number of nitrogens with one attached hydrogen (secondary N) is 1. The van der Waals surface area contributed by atoms with Gasteiger partial charge in [-0.05, 0) is 20.3 Å². The first-order valence-electron chi connectivity index (χ1n) is 6.37. The first kappa shape index (κ1) is 15.2. The predicted octanol–water partition coefficient (Wildman–Crippen LogP) is 1.59. The topological polar surface area (TPSA) is 92.4 Å². The standard InChI is InChI=1S/C13H20N2O4/c1-4-5-10(6-13(17)18)14-12(16)7-11-8(2)15-19-9(11)3/h10H,4-7H2,1-3H3,(H,14,16)(H,17,18). The Labute approximate surface area is 112 Å². The molecule has 106 valence electrons. The monoisotopic (exact) mass is 268 g/mol. The number of hydrogen-bond donors (Lipinski definition) is 2. The molecule has 0 saturated heterocycles. The van der Waals surface area contributed by atoms with Crippen molar-refractivity contribution in [1.82, 2.24) is 10.5 Å². The molecule has 1 amide bonds. The summed E-state index contributed by atoms with van der Waals surface area (Å²) < 4.78 is 4.99. The molecule has 0 radical (unpaired) electrons. The Hall–Kier alpha value is -1.85. The lowest BCUT2D eigenvalue weighted by atomic mass is 10.1. The lowest BCUT2D eigenvalue weighted by molar-refractivity contribution is -0.137. The van der Waals surface area contributed by atoms with Gasteiger partial charge >= 0.3 is 5.97 Å². The van der Waals surface area contributed by atoms with Crippen LogP contribution in [0, 0.1) is 13.8 Å². The number of carboxylic acid groups (broad SMARTS) is 1. The molecular formula is C13H20N2O4. The first-order valence-corrected chi connectivity index (χ1v) is 6.37. The summed E-state index contributed by atoms with van der Waals surface area (Å²) in [5, 5.41) is 15.3. The fraction of sp³-hybridized carbons (Fsp3) is 0.615. The maximum atomic E-state index is 11.9. The largest absolute Gasteiger partial charge is 0.481 e. The van der Waals surface area contributed by atoms with E-state index >= 15 is 0 Å². The van der Waals surface area contributed by atoms with E-state index in [0.717, 1.165) is 12.0 Å². The zero-order valence-electron chi connectivity index (χ0n) is 11.5. The average Bonchev–Trinajstić information content (AvgIpc) is 2.60. The van der Waals surface area contributed by atoms with Gasteiger partial charge in [0.25, 0.3) is 0 Å². The fourth-order valence-electron chi connectivity index (χ4n) is 1.98. The van der Waals surface area contributed by atoms with Crippen LogP contribution in [-0.2, 0) is 16.0 Å². The molecule has 0 bridgehead atoms. The summed E-state index contributed by atoms with van der Waals surface area (Å²) in [5.74, 6) is -0.483. The first-order chi connectivity index (χ1) is 8.93. The van der Waals surface area contributed by atoms with Crippen LogP contribution in [0.2, 0.25) is 0 Å². The second-order valence-corrected chi connectivity index (χ2v) is 4.63. The van der Waals surface area contributed by atoms with E-state index in [1.165, 1.54) is 0 Å². The van der Waals surface area contributed by atoms with Crippen molar-refractivity contribution in [3.05, 3.63) is 17.0 Å². The second kappa shape index (κ2) is 6.92. The third-order valence-electron chi connectivity index (χ3n) is 2.94. The minimum absolute atomic E-state index is 0.0544. The Kier molecular flexibility index (Phi) is 5.54. The van der Waals surface area contributed by atoms with Crippen molar-refractivity contribution in [3.63, 3.8) is 0 Å². The summed E-state index contributed by atoms with van der Waals surface area (Å²) in [4.78, 5) is 22.6. The van der Waals surface area contributed by atoms with E-state index in [9.17, 15) is 9.59 Å². The number of aliphatic carboxylic acids is 1. The number of hydrogen-bond acceptors (Lipinski definition) is 4. The van der Waals surface area contributed by atoms with Gasteiger partial charge in [0, 0.05) is 11.6 Å². The Balaban J connectivity index is 2.60. The molecule has 0 spiro atoms. The van der Waals surface area contributed by atoms with Gasteiger partial charge in [-0.1, -0.05) is 18.5 Å². The number of carboxylic acids is 1. The molecule has 1 aromatic rings. The van der Waals surface area contributed by atoms with Gasteiger partial charge in [-0.3, -0.25) is 9.59 Å². The number of rotatable bonds is 7. The highest BCUT2D eigenvalue weighted by Crippen LogP contribution is 2.13. The summed E-state index contributed by atoms with van der Waals surface area (Å²) >= 11 is 0. The molecule has 0 aliphatic rings. The molecule has 19 heavy (non-hydrogen) atoms. The molecule has 1 heterocycles. The van der Waals surface area contributed by atoms with E-state index in [1.807, 2.05) is 6.92 Å².